The van der Waals surface area contributed by atoms with Crippen molar-refractivity contribution in [1.29, 1.82) is 0 Å². The molecule has 1 heterocycles. The molecule has 0 spiro atoms. The molecule has 3 atom stereocenters. The van der Waals surface area contributed by atoms with Gasteiger partial charge >= 0.3 is 6.09 Å². The van der Waals surface area contributed by atoms with Crippen LogP contribution in [-0.4, -0.2) is 47.6 Å². The molecule has 1 saturated heterocycles. The molecule has 2 aliphatic carbocycles. The molecule has 5 nitrogen and oxygen atoms in total. The fraction of sp³-hybridized carbons (Fsp3) is 0.882. The minimum absolute atomic E-state index is 0.171. The molecule has 3 unspecified atom stereocenters. The summed E-state index contributed by atoms with van der Waals surface area (Å²) in [6.07, 6.45) is 4.88. The second-order valence-corrected chi connectivity index (χ2v) is 8.13. The Morgan fingerprint density at radius 1 is 1.18 bits per heavy atom. The fourth-order valence-electron chi connectivity index (χ4n) is 4.25. The van der Waals surface area contributed by atoms with Crippen LogP contribution in [0.2, 0.25) is 0 Å². The van der Waals surface area contributed by atoms with Gasteiger partial charge in [0.15, 0.2) is 0 Å². The van der Waals surface area contributed by atoms with Gasteiger partial charge in [-0.1, -0.05) is 0 Å². The molecule has 3 rings (SSSR count). The lowest BCUT2D eigenvalue weighted by atomic mass is 9.83. The van der Waals surface area contributed by atoms with Gasteiger partial charge < -0.3 is 10.1 Å². The van der Waals surface area contributed by atoms with Gasteiger partial charge in [0, 0.05) is 37.0 Å². The molecule has 1 amide bonds. The lowest BCUT2D eigenvalue weighted by Crippen LogP contribution is -2.44. The van der Waals surface area contributed by atoms with Crippen molar-refractivity contribution in [3.05, 3.63) is 0 Å². The summed E-state index contributed by atoms with van der Waals surface area (Å²) in [6, 6.07) is 0.700. The maximum Gasteiger partial charge on any atom is 0.407 e. The number of carbonyl (C=O) groups is 2. The average molecular weight is 308 g/mol. The normalized spacial score (nSPS) is 35.7. The molecule has 3 aliphatic rings. The van der Waals surface area contributed by atoms with Gasteiger partial charge in [-0.15, -0.1) is 0 Å². The Bertz CT molecular complexity index is 441. The third-order valence-corrected chi connectivity index (χ3v) is 5.24. The molecular weight excluding hydrogens is 280 g/mol. The van der Waals surface area contributed by atoms with Crippen molar-refractivity contribution in [2.24, 2.45) is 11.8 Å². The standard InChI is InChI=1S/C17H28N2O3/c1-17(2,3)22-16(21)18-13-6-7-19(10-13)14-8-11-4-5-12(9-14)15(11)20/h11-14H,4-10H2,1-3H3,(H,18,21). The van der Waals surface area contributed by atoms with Crippen molar-refractivity contribution in [2.45, 2.75) is 70.6 Å². The van der Waals surface area contributed by atoms with E-state index in [9.17, 15) is 9.59 Å². The van der Waals surface area contributed by atoms with E-state index in [1.807, 2.05) is 20.8 Å². The summed E-state index contributed by atoms with van der Waals surface area (Å²) in [7, 11) is 0. The van der Waals surface area contributed by atoms with Crippen LogP contribution in [0, 0.1) is 11.8 Å². The maximum atomic E-state index is 12.0. The molecule has 1 N–H and O–H groups in total. The van der Waals surface area contributed by atoms with Crippen molar-refractivity contribution in [2.75, 3.05) is 13.1 Å². The lowest BCUT2D eigenvalue weighted by molar-refractivity contribution is -0.127. The number of amides is 1. The number of Topliss-reactive ketones (excluding diaryl/α,β-unsaturated/α-hetero) is 1. The molecule has 0 aromatic heterocycles. The van der Waals surface area contributed by atoms with Crippen molar-refractivity contribution in [3.8, 4) is 0 Å². The van der Waals surface area contributed by atoms with Gasteiger partial charge in [-0.05, 0) is 52.9 Å². The monoisotopic (exact) mass is 308 g/mol. The lowest BCUT2D eigenvalue weighted by Gasteiger charge is -2.34. The van der Waals surface area contributed by atoms with Crippen LogP contribution < -0.4 is 5.32 Å². The first-order valence-corrected chi connectivity index (χ1v) is 8.59. The Labute approximate surface area is 132 Å². The summed E-state index contributed by atoms with van der Waals surface area (Å²) in [5.41, 5.74) is -0.453. The average Bonchev–Trinajstić information content (AvgIpc) is 2.90. The van der Waals surface area contributed by atoms with Crippen molar-refractivity contribution < 1.29 is 14.3 Å². The number of likely N-dealkylation sites (tertiary alicyclic amines) is 1. The van der Waals surface area contributed by atoms with Gasteiger partial charge in [-0.3, -0.25) is 9.69 Å². The summed E-state index contributed by atoms with van der Waals surface area (Å²) in [5.74, 6) is 1.13. The number of hydrogen-bond donors (Lipinski definition) is 1. The Hall–Kier alpha value is -1.10. The Morgan fingerprint density at radius 3 is 2.41 bits per heavy atom. The largest absolute Gasteiger partial charge is 0.444 e. The first kappa shape index (κ1) is 15.8. The van der Waals surface area contributed by atoms with E-state index in [0.717, 1.165) is 45.2 Å². The molecule has 2 bridgehead atoms. The Morgan fingerprint density at radius 2 is 1.82 bits per heavy atom. The van der Waals surface area contributed by atoms with Crippen molar-refractivity contribution >= 4 is 11.9 Å². The zero-order valence-electron chi connectivity index (χ0n) is 13.9. The number of hydrogen-bond acceptors (Lipinski definition) is 4. The third-order valence-electron chi connectivity index (χ3n) is 5.24. The van der Waals surface area contributed by atoms with E-state index in [1.165, 1.54) is 0 Å². The summed E-state index contributed by atoms with van der Waals surface area (Å²) < 4.78 is 5.33. The van der Waals surface area contributed by atoms with Gasteiger partial charge in [0.1, 0.15) is 11.4 Å². The van der Waals surface area contributed by atoms with Crippen LogP contribution in [0.25, 0.3) is 0 Å². The van der Waals surface area contributed by atoms with E-state index < -0.39 is 5.60 Å². The number of nitrogens with one attached hydrogen (secondary N) is 1. The number of fused-ring (bicyclic) bond motifs is 2. The van der Waals surface area contributed by atoms with Crippen LogP contribution in [0.5, 0.6) is 0 Å². The van der Waals surface area contributed by atoms with E-state index >= 15 is 0 Å². The summed E-state index contributed by atoms with van der Waals surface area (Å²) in [4.78, 5) is 26.3. The molecular formula is C17H28N2O3. The molecule has 1 aliphatic heterocycles. The first-order valence-electron chi connectivity index (χ1n) is 8.59. The highest BCUT2D eigenvalue weighted by atomic mass is 16.6. The SMILES string of the molecule is CC(C)(C)OC(=O)NC1CCN(C2CC3CCC(C2)C3=O)C1. The molecule has 0 radical (unpaired) electrons. The second kappa shape index (κ2) is 5.84. The van der Waals surface area contributed by atoms with Gasteiger partial charge in [0.25, 0.3) is 0 Å². The topological polar surface area (TPSA) is 58.6 Å². The van der Waals surface area contributed by atoms with Crippen LogP contribution in [0.1, 0.15) is 52.9 Å². The van der Waals surface area contributed by atoms with Crippen LogP contribution in [0.3, 0.4) is 0 Å². The molecule has 22 heavy (non-hydrogen) atoms. The summed E-state index contributed by atoms with van der Waals surface area (Å²) >= 11 is 0. The highest BCUT2D eigenvalue weighted by molar-refractivity contribution is 5.86. The second-order valence-electron chi connectivity index (χ2n) is 8.13. The zero-order chi connectivity index (χ0) is 15.9. The van der Waals surface area contributed by atoms with E-state index in [0.29, 0.717) is 23.7 Å². The number of nitrogens with zero attached hydrogens (tertiary/aromatic N) is 1. The van der Waals surface area contributed by atoms with E-state index in [1.54, 1.807) is 0 Å². The van der Waals surface area contributed by atoms with Gasteiger partial charge in [0.2, 0.25) is 0 Å². The van der Waals surface area contributed by atoms with Crippen LogP contribution in [0.15, 0.2) is 0 Å². The zero-order valence-corrected chi connectivity index (χ0v) is 13.9. The molecule has 0 aromatic rings. The summed E-state index contributed by atoms with van der Waals surface area (Å²) in [5, 5.41) is 2.98. The predicted molar refractivity (Wildman–Crippen MR) is 83.6 cm³/mol. The summed E-state index contributed by atoms with van der Waals surface area (Å²) in [6.45, 7) is 7.53. The Balaban J connectivity index is 1.49. The minimum Gasteiger partial charge on any atom is -0.444 e. The first-order chi connectivity index (χ1) is 10.3. The smallest absolute Gasteiger partial charge is 0.407 e. The minimum atomic E-state index is -0.453. The maximum absolute atomic E-state index is 12.0. The van der Waals surface area contributed by atoms with Gasteiger partial charge in [-0.2, -0.15) is 0 Å². The predicted octanol–water partition coefficient (Wildman–Crippen LogP) is 2.34. The van der Waals surface area contributed by atoms with E-state index in [4.69, 9.17) is 4.74 Å². The highest BCUT2D eigenvalue weighted by Crippen LogP contribution is 2.41. The van der Waals surface area contributed by atoms with Gasteiger partial charge in [0.05, 0.1) is 0 Å². The van der Waals surface area contributed by atoms with Crippen LogP contribution in [-0.2, 0) is 9.53 Å². The van der Waals surface area contributed by atoms with Crippen LogP contribution >= 0.6 is 0 Å². The van der Waals surface area contributed by atoms with Crippen molar-refractivity contribution in [1.82, 2.24) is 10.2 Å². The Kier molecular flexibility index (Phi) is 4.19. The quantitative estimate of drug-likeness (QED) is 0.850. The van der Waals surface area contributed by atoms with E-state index in [2.05, 4.69) is 10.2 Å². The molecule has 3 fully saturated rings. The van der Waals surface area contributed by atoms with Crippen molar-refractivity contribution in [3.63, 3.8) is 0 Å². The van der Waals surface area contributed by atoms with E-state index in [-0.39, 0.29) is 12.1 Å². The molecule has 0 aromatic carbocycles. The fourth-order valence-corrected chi connectivity index (χ4v) is 4.25. The van der Waals surface area contributed by atoms with Gasteiger partial charge in [-0.25, -0.2) is 4.79 Å². The number of ether oxygens (including phenoxy) is 1. The number of rotatable bonds is 2. The number of ketones is 1. The van der Waals surface area contributed by atoms with Crippen LogP contribution in [0.4, 0.5) is 4.79 Å². The molecule has 124 valence electrons. The third kappa shape index (κ3) is 3.45. The molecule has 2 saturated carbocycles. The number of carbonyl (C=O) groups excluding carboxylic acids is 2. The number of alkyl carbamates (subject to hydrolysis) is 1. The molecule has 5 heteroatoms. The highest BCUT2D eigenvalue weighted by Gasteiger charge is 2.44.